The molecule has 5 heavy (non-hydrogen) atoms. The van der Waals surface area contributed by atoms with Crippen LogP contribution in [0.5, 0.6) is 0 Å². The molecule has 0 bridgehead atoms. The average molecular weight is 141 g/mol. The van der Waals surface area contributed by atoms with E-state index in [1.165, 1.54) is 0 Å². The van der Waals surface area contributed by atoms with E-state index in [0.717, 1.165) is 0 Å². The molecule has 0 saturated carbocycles. The van der Waals surface area contributed by atoms with Gasteiger partial charge in [-0.05, 0) is 0 Å². The summed E-state index contributed by atoms with van der Waals surface area (Å²) in [5.41, 5.74) is 0. The van der Waals surface area contributed by atoms with Crippen LogP contribution in [-0.2, 0) is 0 Å². The Morgan fingerprint density at radius 3 is 1.40 bits per heavy atom. The third-order valence-corrected chi connectivity index (χ3v) is 0.643. The van der Waals surface area contributed by atoms with Gasteiger partial charge in [-0.15, -0.1) is 23.2 Å². The fourth-order valence-electron chi connectivity index (χ4n) is 0. The van der Waals surface area contributed by atoms with E-state index in [4.69, 9.17) is 23.2 Å². The van der Waals surface area contributed by atoms with Crippen LogP contribution in [0.4, 0.5) is 0 Å². The van der Waals surface area contributed by atoms with Gasteiger partial charge in [0.15, 0.2) is 0 Å². The third kappa shape index (κ3) is 10.7. The van der Waals surface area contributed by atoms with Crippen molar-refractivity contribution in [3.63, 3.8) is 0 Å². The molecule has 0 fully saturated rings. The largest absolute Gasteiger partial charge is 2.00 e. The molecule has 0 saturated heterocycles. The van der Waals surface area contributed by atoms with Gasteiger partial charge in [0.05, 0.1) is 0 Å². The molecule has 0 unspecified atom stereocenters. The topological polar surface area (TPSA) is 0 Å². The summed E-state index contributed by atoms with van der Waals surface area (Å²) in [5, 5.41) is 0. The molecule has 0 atom stereocenters. The number of alkyl halides is 2. The van der Waals surface area contributed by atoms with Gasteiger partial charge in [-0.1, -0.05) is 0 Å². The zero-order chi connectivity index (χ0) is 3.41. The maximum atomic E-state index is 5.05. The average Bonchev–Trinajstić information content (AvgIpc) is 1.37. The van der Waals surface area contributed by atoms with Gasteiger partial charge in [0.25, 0.3) is 0 Å². The predicted octanol–water partition coefficient (Wildman–Crippen LogP) is 1.31. The molecule has 0 amide bonds. The van der Waals surface area contributed by atoms with Crippen molar-refractivity contribution < 1.29 is 2.85 Å². The normalized spacial score (nSPS) is 6.00. The van der Waals surface area contributed by atoms with Crippen LogP contribution in [0, 0.1) is 0 Å². The second-order valence-electron chi connectivity index (χ2n) is 0.378. The first kappa shape index (κ1) is 9.96. The molecule has 0 nitrogen and oxygen atoms in total. The van der Waals surface area contributed by atoms with Crippen molar-refractivity contribution in [2.45, 2.75) is 0 Å². The summed E-state index contributed by atoms with van der Waals surface area (Å²) in [5.74, 6) is 1.11. The van der Waals surface area contributed by atoms with E-state index >= 15 is 0 Å². The van der Waals surface area contributed by atoms with Crippen molar-refractivity contribution >= 4 is 60.9 Å². The van der Waals surface area contributed by atoms with Gasteiger partial charge in [-0.2, -0.15) is 0 Å². The summed E-state index contributed by atoms with van der Waals surface area (Å²) in [6.45, 7) is 0. The minimum atomic E-state index is 0. The molecule has 0 heterocycles. The Labute approximate surface area is 74.8 Å². The van der Waals surface area contributed by atoms with Crippen molar-refractivity contribution in [2.75, 3.05) is 11.8 Å². The van der Waals surface area contributed by atoms with Crippen LogP contribution < -0.4 is 0 Å². The van der Waals surface area contributed by atoms with Crippen molar-refractivity contribution in [1.29, 1.82) is 0 Å². The Morgan fingerprint density at radius 2 is 1.40 bits per heavy atom. The smallest absolute Gasteiger partial charge is 1.00 e. The van der Waals surface area contributed by atoms with E-state index in [1.54, 1.807) is 0 Å². The van der Waals surface area contributed by atoms with Crippen LogP contribution in [0.15, 0.2) is 0 Å². The summed E-state index contributed by atoms with van der Waals surface area (Å²) in [6, 6.07) is 0. The van der Waals surface area contributed by atoms with Gasteiger partial charge < -0.3 is 2.85 Å². The Hall–Kier alpha value is 1.84. The molecule has 30 valence electrons. The van der Waals surface area contributed by atoms with E-state index in [0.29, 0.717) is 11.8 Å². The predicted molar refractivity (Wildman–Crippen MR) is 29.4 cm³/mol. The molecular weight excluding hydrogens is 135 g/mol. The molecule has 3 heteroatoms. The van der Waals surface area contributed by atoms with Crippen LogP contribution in [0.2, 0.25) is 0 Å². The molecule has 0 aliphatic heterocycles. The van der Waals surface area contributed by atoms with Crippen LogP contribution in [0.3, 0.4) is 0 Å². The van der Waals surface area contributed by atoms with Gasteiger partial charge in [0, 0.05) is 11.8 Å². The van der Waals surface area contributed by atoms with E-state index in [-0.39, 0.29) is 40.6 Å². The monoisotopic (exact) mass is 140 g/mol. The SMILES string of the molecule is ClCCCl.[Ca+2].[H-].[H-]. The summed E-state index contributed by atoms with van der Waals surface area (Å²) in [7, 11) is 0. The van der Waals surface area contributed by atoms with E-state index in [1.807, 2.05) is 0 Å². The van der Waals surface area contributed by atoms with E-state index < -0.39 is 0 Å². The summed E-state index contributed by atoms with van der Waals surface area (Å²) in [6.07, 6.45) is 0. The van der Waals surface area contributed by atoms with Crippen LogP contribution in [-0.4, -0.2) is 49.5 Å². The summed E-state index contributed by atoms with van der Waals surface area (Å²) in [4.78, 5) is 0. The molecular formula is C2H6CaCl2. The maximum absolute atomic E-state index is 5.05. The third-order valence-electron chi connectivity index (χ3n) is 0.0714. The van der Waals surface area contributed by atoms with Gasteiger partial charge in [0.2, 0.25) is 0 Å². The second kappa shape index (κ2) is 9.28. The second-order valence-corrected chi connectivity index (χ2v) is 1.13. The minimum Gasteiger partial charge on any atom is -1.00 e. The molecule has 0 rings (SSSR count). The standard InChI is InChI=1S/C2H4Cl2.Ca.2H/c3-1-2-4;;;/h1-2H2;;;/q;+2;2*-1. The van der Waals surface area contributed by atoms with Crippen LogP contribution in [0.25, 0.3) is 0 Å². The Bertz CT molecular complexity index is 15.7. The number of hydrogen-bond acceptors (Lipinski definition) is 0. The molecule has 0 aliphatic rings. The zero-order valence-electron chi connectivity index (χ0n) is 4.88. The summed E-state index contributed by atoms with van der Waals surface area (Å²) < 4.78 is 0. The zero-order valence-corrected chi connectivity index (χ0v) is 6.60. The molecule has 0 aromatic heterocycles. The van der Waals surface area contributed by atoms with Crippen LogP contribution in [0.1, 0.15) is 2.85 Å². The Morgan fingerprint density at radius 1 is 1.20 bits per heavy atom. The fourth-order valence-corrected chi connectivity index (χ4v) is 0. The van der Waals surface area contributed by atoms with E-state index in [2.05, 4.69) is 0 Å². The van der Waals surface area contributed by atoms with Gasteiger partial charge in [-0.25, -0.2) is 0 Å². The van der Waals surface area contributed by atoms with E-state index in [9.17, 15) is 0 Å². The molecule has 0 spiro atoms. The van der Waals surface area contributed by atoms with Crippen molar-refractivity contribution in [3.05, 3.63) is 0 Å². The Kier molecular flexibility index (Phi) is 18.5. The van der Waals surface area contributed by atoms with Crippen molar-refractivity contribution in [2.24, 2.45) is 0 Å². The van der Waals surface area contributed by atoms with Gasteiger partial charge in [-0.3, -0.25) is 0 Å². The first-order chi connectivity index (χ1) is 1.91. The maximum Gasteiger partial charge on any atom is 2.00 e. The first-order valence-electron chi connectivity index (χ1n) is 1.03. The molecule has 0 aromatic rings. The Balaban J connectivity index is -0.0000000150. The van der Waals surface area contributed by atoms with Gasteiger partial charge in [0.1, 0.15) is 0 Å². The number of halogens is 2. The number of hydrogen-bond donors (Lipinski definition) is 0. The van der Waals surface area contributed by atoms with Crippen LogP contribution >= 0.6 is 23.2 Å². The molecule has 0 radical (unpaired) electrons. The molecule has 0 aliphatic carbocycles. The molecule has 0 N–H and O–H groups in total. The number of rotatable bonds is 1. The minimum absolute atomic E-state index is 0. The molecule has 0 aromatic carbocycles. The van der Waals surface area contributed by atoms with Crippen molar-refractivity contribution in [3.8, 4) is 0 Å². The fraction of sp³-hybridized carbons (Fsp3) is 1.00. The summed E-state index contributed by atoms with van der Waals surface area (Å²) >= 11 is 10.1. The van der Waals surface area contributed by atoms with Gasteiger partial charge >= 0.3 is 37.7 Å². The quantitative estimate of drug-likeness (QED) is 0.381. The van der Waals surface area contributed by atoms with Crippen molar-refractivity contribution in [1.82, 2.24) is 0 Å². The first-order valence-corrected chi connectivity index (χ1v) is 2.10.